The number of carbonyl (C=O) groups is 3. The van der Waals surface area contributed by atoms with Gasteiger partial charge in [0, 0.05) is 17.1 Å². The van der Waals surface area contributed by atoms with E-state index < -0.39 is 35.4 Å². The number of hydrogen-bond acceptors (Lipinski definition) is 9. The molecule has 3 atom stereocenters. The first-order valence-corrected chi connectivity index (χ1v) is 15.9. The number of likely N-dealkylation sites (N-methyl/N-ethyl adjacent to an activating group) is 1. The molecule has 48 heavy (non-hydrogen) atoms. The summed E-state index contributed by atoms with van der Waals surface area (Å²) in [7, 11) is 3.16. The Labute approximate surface area is 287 Å². The van der Waals surface area contributed by atoms with Gasteiger partial charge in [0.2, 0.25) is 5.91 Å². The third-order valence-electron chi connectivity index (χ3n) is 8.46. The highest BCUT2D eigenvalue weighted by molar-refractivity contribution is 6.20. The van der Waals surface area contributed by atoms with Crippen molar-refractivity contribution in [1.29, 1.82) is 0 Å². The number of benzene rings is 3. The lowest BCUT2D eigenvalue weighted by Gasteiger charge is -2.36. The number of rotatable bonds is 10. The van der Waals surface area contributed by atoms with Gasteiger partial charge >= 0.3 is 0 Å². The first kappa shape index (κ1) is 36.3. The van der Waals surface area contributed by atoms with Gasteiger partial charge in [-0.05, 0) is 68.1 Å². The molecule has 3 amide bonds. The van der Waals surface area contributed by atoms with Gasteiger partial charge in [-0.15, -0.1) is 12.4 Å². The van der Waals surface area contributed by atoms with E-state index in [0.29, 0.717) is 29.7 Å². The Morgan fingerprint density at radius 2 is 1.69 bits per heavy atom. The molecule has 4 N–H and O–H groups in total. The second-order valence-corrected chi connectivity index (χ2v) is 12.8. The number of fused-ring (bicyclic) bond motifs is 1. The molecule has 254 valence electrons. The number of halogens is 1. The van der Waals surface area contributed by atoms with Crippen LogP contribution < -0.4 is 30.9 Å². The zero-order valence-corrected chi connectivity index (χ0v) is 29.0. The van der Waals surface area contributed by atoms with E-state index in [2.05, 4.69) is 43.4 Å². The van der Waals surface area contributed by atoms with Crippen molar-refractivity contribution in [2.75, 3.05) is 30.9 Å². The molecule has 1 fully saturated rings. The van der Waals surface area contributed by atoms with Crippen molar-refractivity contribution in [3.05, 3.63) is 73.1 Å². The van der Waals surface area contributed by atoms with Gasteiger partial charge in [0.1, 0.15) is 23.9 Å². The second-order valence-electron chi connectivity index (χ2n) is 12.8. The van der Waals surface area contributed by atoms with Crippen LogP contribution in [0, 0.1) is 5.41 Å². The summed E-state index contributed by atoms with van der Waals surface area (Å²) < 4.78 is 5.77. The average Bonchev–Trinajstić information content (AvgIpc) is 3.62. The van der Waals surface area contributed by atoms with Gasteiger partial charge in [-0.2, -0.15) is 0 Å². The number of hydrogen-bond donors (Lipinski definition) is 4. The fourth-order valence-electron chi connectivity index (χ4n) is 5.60. The molecular weight excluding hydrogens is 630 g/mol. The summed E-state index contributed by atoms with van der Waals surface area (Å²) in [5.74, 6) is -0.548. The molecule has 1 aromatic heterocycles. The predicted molar refractivity (Wildman–Crippen MR) is 192 cm³/mol. The van der Waals surface area contributed by atoms with Crippen molar-refractivity contribution in [3.63, 3.8) is 0 Å². The van der Waals surface area contributed by atoms with E-state index in [1.54, 1.807) is 26.1 Å². The van der Waals surface area contributed by atoms with Gasteiger partial charge in [0.25, 0.3) is 11.8 Å². The Kier molecular flexibility index (Phi) is 11.7. The highest BCUT2D eigenvalue weighted by Gasteiger charge is 2.42. The van der Waals surface area contributed by atoms with E-state index in [-0.39, 0.29) is 29.8 Å². The van der Waals surface area contributed by atoms with Crippen LogP contribution in [0.3, 0.4) is 0 Å². The smallest absolute Gasteiger partial charge is 0.257 e. The van der Waals surface area contributed by atoms with Crippen molar-refractivity contribution in [2.24, 2.45) is 5.41 Å². The fourth-order valence-corrected chi connectivity index (χ4v) is 5.60. The van der Waals surface area contributed by atoms with E-state index in [0.717, 1.165) is 28.1 Å². The van der Waals surface area contributed by atoms with Crippen LogP contribution >= 0.6 is 12.4 Å². The number of carbonyl (C=O) groups excluding carboxylic acids is 3. The van der Waals surface area contributed by atoms with Crippen LogP contribution in [0.4, 0.5) is 17.2 Å². The average molecular weight is 674 g/mol. The quantitative estimate of drug-likeness (QED) is 0.179. The van der Waals surface area contributed by atoms with Gasteiger partial charge in [-0.3, -0.25) is 14.4 Å². The van der Waals surface area contributed by atoms with Crippen LogP contribution in [0.5, 0.6) is 5.75 Å². The standard InChI is InChI=1S/C36H43N7O4.ClH/c1-22(37-5)33(44)42-31(36(2,3)4)35(46)43(34(45)27-13-10-18-38-27)29-19-26-28(20-30(29)47-6)39-21-40-32(26)41-25-16-14-24(15-17-25)23-11-8-7-9-12-23;/h7-9,11-12,14-17,19-22,27,31,37-38H,10,13,18H2,1-6H3,(H,42,44)(H,39,40,41);1H/t22-,27-,31+;/m0./s1. The van der Waals surface area contributed by atoms with E-state index in [9.17, 15) is 14.4 Å². The number of imide groups is 1. The summed E-state index contributed by atoms with van der Waals surface area (Å²) in [4.78, 5) is 52.0. The molecule has 2 heterocycles. The van der Waals surface area contributed by atoms with Gasteiger partial charge in [-0.25, -0.2) is 14.9 Å². The summed E-state index contributed by atoms with van der Waals surface area (Å²) in [6.45, 7) is 7.94. The number of anilines is 3. The highest BCUT2D eigenvalue weighted by Crippen LogP contribution is 2.38. The molecule has 4 aromatic rings. The molecule has 5 rings (SSSR count). The van der Waals surface area contributed by atoms with Gasteiger partial charge < -0.3 is 26.0 Å². The molecule has 1 aliphatic heterocycles. The molecular formula is C36H44ClN7O4. The molecule has 0 unspecified atom stereocenters. The highest BCUT2D eigenvalue weighted by atomic mass is 35.5. The maximum Gasteiger partial charge on any atom is 0.257 e. The molecule has 1 saturated heterocycles. The minimum absolute atomic E-state index is 0. The van der Waals surface area contributed by atoms with E-state index in [1.165, 1.54) is 13.4 Å². The summed E-state index contributed by atoms with van der Waals surface area (Å²) >= 11 is 0. The predicted octanol–water partition coefficient (Wildman–Crippen LogP) is 5.22. The number of nitrogens with zero attached hydrogens (tertiary/aromatic N) is 3. The Morgan fingerprint density at radius 1 is 1.00 bits per heavy atom. The normalized spacial score (nSPS) is 15.6. The van der Waals surface area contributed by atoms with Crippen LogP contribution in [0.15, 0.2) is 73.1 Å². The van der Waals surface area contributed by atoms with Crippen molar-refractivity contribution < 1.29 is 19.1 Å². The van der Waals surface area contributed by atoms with Crippen molar-refractivity contribution >= 4 is 58.2 Å². The van der Waals surface area contributed by atoms with Crippen molar-refractivity contribution in [1.82, 2.24) is 25.9 Å². The lowest BCUT2D eigenvalue weighted by atomic mass is 9.85. The SMILES string of the molecule is CN[C@@H](C)C(=O)N[C@H](C(=O)N(C(=O)[C@@H]1CCCN1)c1cc2c(Nc3ccc(-c4ccccc4)cc3)ncnc2cc1OC)C(C)(C)C.Cl. The third kappa shape index (κ3) is 7.92. The number of ether oxygens (including phenoxy) is 1. The van der Waals surface area contributed by atoms with E-state index in [4.69, 9.17) is 4.74 Å². The number of aromatic nitrogens is 2. The largest absolute Gasteiger partial charge is 0.494 e. The maximum atomic E-state index is 14.6. The van der Waals surface area contributed by atoms with Gasteiger partial charge in [0.05, 0.1) is 30.4 Å². The molecule has 0 aliphatic carbocycles. The zero-order chi connectivity index (χ0) is 33.7. The van der Waals surface area contributed by atoms with Gasteiger partial charge in [0.15, 0.2) is 0 Å². The summed E-state index contributed by atoms with van der Waals surface area (Å²) in [6, 6.07) is 19.4. The lowest BCUT2D eigenvalue weighted by molar-refractivity contribution is -0.134. The minimum atomic E-state index is -1.02. The molecule has 0 radical (unpaired) electrons. The monoisotopic (exact) mass is 673 g/mol. The summed E-state index contributed by atoms with van der Waals surface area (Å²) in [5.41, 5.74) is 3.06. The number of methoxy groups -OCH3 is 1. The van der Waals surface area contributed by atoms with Crippen LogP contribution in [0.2, 0.25) is 0 Å². The third-order valence-corrected chi connectivity index (χ3v) is 8.46. The second kappa shape index (κ2) is 15.5. The van der Waals surface area contributed by atoms with Crippen LogP contribution in [-0.2, 0) is 14.4 Å². The Balaban J connectivity index is 0.00000520. The number of nitrogens with one attached hydrogen (secondary N) is 4. The lowest BCUT2D eigenvalue weighted by Crippen LogP contribution is -2.60. The topological polar surface area (TPSA) is 138 Å². The molecule has 3 aromatic carbocycles. The number of amides is 3. The molecule has 1 aliphatic rings. The first-order valence-electron chi connectivity index (χ1n) is 15.9. The van der Waals surface area contributed by atoms with Gasteiger partial charge in [-0.1, -0.05) is 63.2 Å². The van der Waals surface area contributed by atoms with E-state index >= 15 is 0 Å². The Bertz CT molecular complexity index is 1740. The molecule has 0 bridgehead atoms. The van der Waals surface area contributed by atoms with Crippen LogP contribution in [0.1, 0.15) is 40.5 Å². The Hall–Kier alpha value is -4.58. The molecule has 12 heteroatoms. The molecule has 11 nitrogen and oxygen atoms in total. The zero-order valence-electron chi connectivity index (χ0n) is 28.2. The fraction of sp³-hybridized carbons (Fsp3) is 0.361. The van der Waals surface area contributed by atoms with Crippen LogP contribution in [-0.4, -0.2) is 66.5 Å². The maximum absolute atomic E-state index is 14.6. The Morgan fingerprint density at radius 3 is 2.29 bits per heavy atom. The molecule has 0 saturated carbocycles. The van der Waals surface area contributed by atoms with Crippen LogP contribution in [0.25, 0.3) is 22.0 Å². The summed E-state index contributed by atoms with van der Waals surface area (Å²) in [6.07, 6.45) is 2.83. The van der Waals surface area contributed by atoms with E-state index in [1.807, 2.05) is 63.2 Å². The van der Waals surface area contributed by atoms with Crippen molar-refractivity contribution in [2.45, 2.75) is 58.7 Å². The summed E-state index contributed by atoms with van der Waals surface area (Å²) in [5, 5.41) is 13.0. The minimum Gasteiger partial charge on any atom is -0.494 e. The van der Waals surface area contributed by atoms with Crippen molar-refractivity contribution in [3.8, 4) is 16.9 Å². The molecule has 0 spiro atoms. The first-order chi connectivity index (χ1) is 22.5.